The highest BCUT2D eigenvalue weighted by molar-refractivity contribution is 5.98. The van der Waals surface area contributed by atoms with Gasteiger partial charge in [-0.1, -0.05) is 26.0 Å². The van der Waals surface area contributed by atoms with Crippen LogP contribution in [0.25, 0.3) is 0 Å². The number of methoxy groups -OCH3 is 1. The molecule has 2 rings (SSSR count). The first-order valence-electron chi connectivity index (χ1n) is 7.12. The van der Waals surface area contributed by atoms with Crippen LogP contribution in [0.2, 0.25) is 0 Å². The van der Waals surface area contributed by atoms with Crippen LogP contribution in [-0.4, -0.2) is 31.5 Å². The van der Waals surface area contributed by atoms with E-state index in [1.807, 2.05) is 0 Å². The van der Waals surface area contributed by atoms with Gasteiger partial charge >= 0.3 is 0 Å². The molecule has 1 aromatic rings. The zero-order chi connectivity index (χ0) is 15.5. The Bertz CT molecular complexity index is 532. The van der Waals surface area contributed by atoms with Crippen molar-refractivity contribution in [3.8, 4) is 5.75 Å². The van der Waals surface area contributed by atoms with Crippen molar-refractivity contribution in [2.75, 3.05) is 13.7 Å². The average Bonchev–Trinajstić information content (AvgIpc) is 2.42. The predicted octanol–water partition coefficient (Wildman–Crippen LogP) is 1.73. The van der Waals surface area contributed by atoms with Gasteiger partial charge in [0.1, 0.15) is 5.75 Å². The van der Waals surface area contributed by atoms with E-state index >= 15 is 0 Å². The van der Waals surface area contributed by atoms with Crippen molar-refractivity contribution < 1.29 is 14.3 Å². The summed E-state index contributed by atoms with van der Waals surface area (Å²) in [5.41, 5.74) is 0.746. The van der Waals surface area contributed by atoms with E-state index in [1.54, 1.807) is 24.3 Å². The fourth-order valence-corrected chi connectivity index (χ4v) is 2.74. The van der Waals surface area contributed by atoms with E-state index in [4.69, 9.17) is 4.74 Å². The summed E-state index contributed by atoms with van der Waals surface area (Å²) in [6.45, 7) is 4.34. The number of carbonyl (C=O) groups is 2. The second kappa shape index (κ2) is 6.16. The Morgan fingerprint density at radius 2 is 1.95 bits per heavy atom. The van der Waals surface area contributed by atoms with Crippen molar-refractivity contribution in [2.45, 2.75) is 32.7 Å². The van der Waals surface area contributed by atoms with Crippen molar-refractivity contribution in [2.24, 2.45) is 5.41 Å². The van der Waals surface area contributed by atoms with E-state index in [0.29, 0.717) is 16.7 Å². The zero-order valence-electron chi connectivity index (χ0n) is 12.7. The molecule has 1 aromatic carbocycles. The molecular formula is C16H22N2O3. The molecule has 0 aromatic heterocycles. The van der Waals surface area contributed by atoms with Crippen molar-refractivity contribution >= 4 is 11.8 Å². The van der Waals surface area contributed by atoms with Crippen LogP contribution < -0.4 is 15.4 Å². The quantitative estimate of drug-likeness (QED) is 0.868. The molecule has 2 amide bonds. The highest BCUT2D eigenvalue weighted by atomic mass is 16.5. The van der Waals surface area contributed by atoms with Crippen molar-refractivity contribution in [3.05, 3.63) is 29.8 Å². The van der Waals surface area contributed by atoms with Crippen LogP contribution in [0.5, 0.6) is 5.75 Å². The summed E-state index contributed by atoms with van der Waals surface area (Å²) in [7, 11) is 1.51. The smallest absolute Gasteiger partial charge is 0.255 e. The van der Waals surface area contributed by atoms with Crippen molar-refractivity contribution in [1.29, 1.82) is 0 Å². The lowest BCUT2D eigenvalue weighted by atomic mass is 9.68. The highest BCUT2D eigenvalue weighted by Gasteiger charge is 2.36. The van der Waals surface area contributed by atoms with Crippen LogP contribution in [0.4, 0.5) is 0 Å². The molecule has 0 spiro atoms. The molecule has 1 aliphatic rings. The number of hydrogen-bond acceptors (Lipinski definition) is 3. The summed E-state index contributed by atoms with van der Waals surface area (Å²) in [6.07, 6.45) is 1.97. The SMILES string of the molecule is COc1ccccc1C(=O)NCC(=O)NC1CC(C)(C)C1. The molecule has 21 heavy (non-hydrogen) atoms. The fourth-order valence-electron chi connectivity index (χ4n) is 2.74. The van der Waals surface area contributed by atoms with E-state index in [1.165, 1.54) is 7.11 Å². The molecule has 0 heterocycles. The number of carbonyl (C=O) groups excluding carboxylic acids is 2. The lowest BCUT2D eigenvalue weighted by Crippen LogP contribution is -2.50. The summed E-state index contributed by atoms with van der Waals surface area (Å²) in [5, 5.41) is 5.54. The summed E-state index contributed by atoms with van der Waals surface area (Å²) in [6, 6.07) is 7.16. The molecule has 0 bridgehead atoms. The van der Waals surface area contributed by atoms with Gasteiger partial charge in [-0.3, -0.25) is 9.59 Å². The molecule has 2 N–H and O–H groups in total. The molecule has 114 valence electrons. The van der Waals surface area contributed by atoms with Crippen LogP contribution in [0.1, 0.15) is 37.0 Å². The third-order valence-electron chi connectivity index (χ3n) is 3.72. The number of benzene rings is 1. The molecule has 0 unspecified atom stereocenters. The molecule has 0 saturated heterocycles. The molecule has 1 saturated carbocycles. The highest BCUT2D eigenvalue weighted by Crippen LogP contribution is 2.39. The number of hydrogen-bond donors (Lipinski definition) is 2. The van der Waals surface area contributed by atoms with Gasteiger partial charge in [-0.2, -0.15) is 0 Å². The lowest BCUT2D eigenvalue weighted by molar-refractivity contribution is -0.122. The first kappa shape index (κ1) is 15.4. The molecule has 5 nitrogen and oxygen atoms in total. The molecule has 1 aliphatic carbocycles. The summed E-state index contributed by atoms with van der Waals surface area (Å²) in [4.78, 5) is 23.8. The second-order valence-electron chi connectivity index (χ2n) is 6.22. The second-order valence-corrected chi connectivity index (χ2v) is 6.22. The van der Waals surface area contributed by atoms with E-state index < -0.39 is 0 Å². The van der Waals surface area contributed by atoms with E-state index in [0.717, 1.165) is 12.8 Å². The van der Waals surface area contributed by atoms with E-state index in [2.05, 4.69) is 24.5 Å². The molecular weight excluding hydrogens is 268 g/mol. The normalized spacial score (nSPS) is 16.7. The minimum absolute atomic E-state index is 0.0200. The maximum atomic E-state index is 12.0. The monoisotopic (exact) mass is 290 g/mol. The third kappa shape index (κ3) is 3.97. The van der Waals surface area contributed by atoms with Gasteiger partial charge < -0.3 is 15.4 Å². The maximum Gasteiger partial charge on any atom is 0.255 e. The zero-order valence-corrected chi connectivity index (χ0v) is 12.7. The van der Waals surface area contributed by atoms with Crippen LogP contribution in [0, 0.1) is 5.41 Å². The van der Waals surface area contributed by atoms with Crippen LogP contribution in [-0.2, 0) is 4.79 Å². The fraction of sp³-hybridized carbons (Fsp3) is 0.500. The number of amides is 2. The Morgan fingerprint density at radius 1 is 1.29 bits per heavy atom. The summed E-state index contributed by atoms with van der Waals surface area (Å²) < 4.78 is 5.13. The topological polar surface area (TPSA) is 67.4 Å². The maximum absolute atomic E-state index is 12.0. The average molecular weight is 290 g/mol. The Labute approximate surface area is 125 Å². The molecule has 0 atom stereocenters. The predicted molar refractivity (Wildman–Crippen MR) is 80.3 cm³/mol. The first-order valence-corrected chi connectivity index (χ1v) is 7.12. The Hall–Kier alpha value is -2.04. The van der Waals surface area contributed by atoms with Crippen LogP contribution in [0.15, 0.2) is 24.3 Å². The Morgan fingerprint density at radius 3 is 2.57 bits per heavy atom. The van der Waals surface area contributed by atoms with Gasteiger partial charge in [0.15, 0.2) is 0 Å². The van der Waals surface area contributed by atoms with E-state index in [9.17, 15) is 9.59 Å². The largest absolute Gasteiger partial charge is 0.496 e. The van der Waals surface area contributed by atoms with Gasteiger partial charge in [0, 0.05) is 6.04 Å². The number of ether oxygens (including phenoxy) is 1. The van der Waals surface area contributed by atoms with Gasteiger partial charge in [0.05, 0.1) is 19.2 Å². The molecule has 5 heteroatoms. The van der Waals surface area contributed by atoms with Gasteiger partial charge in [-0.05, 0) is 30.4 Å². The van der Waals surface area contributed by atoms with Crippen molar-refractivity contribution in [3.63, 3.8) is 0 Å². The number of para-hydroxylation sites is 1. The first-order chi connectivity index (χ1) is 9.91. The third-order valence-corrected chi connectivity index (χ3v) is 3.72. The van der Waals surface area contributed by atoms with Crippen LogP contribution in [0.3, 0.4) is 0 Å². The Kier molecular flexibility index (Phi) is 4.50. The minimum Gasteiger partial charge on any atom is -0.496 e. The lowest BCUT2D eigenvalue weighted by Gasteiger charge is -2.42. The van der Waals surface area contributed by atoms with Gasteiger partial charge in [-0.25, -0.2) is 0 Å². The van der Waals surface area contributed by atoms with Crippen LogP contribution >= 0.6 is 0 Å². The standard InChI is InChI=1S/C16H22N2O3/c1-16(2)8-11(9-16)18-14(19)10-17-15(20)12-6-4-5-7-13(12)21-3/h4-7,11H,8-10H2,1-3H3,(H,17,20)(H,18,19). The Balaban J connectivity index is 1.80. The molecule has 0 radical (unpaired) electrons. The van der Waals surface area contributed by atoms with E-state index in [-0.39, 0.29) is 24.4 Å². The summed E-state index contributed by atoms with van der Waals surface area (Å²) in [5.74, 6) is 0.0337. The van der Waals surface area contributed by atoms with Gasteiger partial charge in [0.25, 0.3) is 5.91 Å². The summed E-state index contributed by atoms with van der Waals surface area (Å²) >= 11 is 0. The number of nitrogens with one attached hydrogen (secondary N) is 2. The van der Waals surface area contributed by atoms with Crippen molar-refractivity contribution in [1.82, 2.24) is 10.6 Å². The van der Waals surface area contributed by atoms with Gasteiger partial charge in [-0.15, -0.1) is 0 Å². The van der Waals surface area contributed by atoms with Gasteiger partial charge in [0.2, 0.25) is 5.91 Å². The molecule has 1 fully saturated rings. The molecule has 0 aliphatic heterocycles. The minimum atomic E-state index is -0.309. The number of rotatable bonds is 5.